The molecule has 0 saturated heterocycles. The summed E-state index contributed by atoms with van der Waals surface area (Å²) in [6.45, 7) is 2.06. The number of rotatable bonds is 9. The highest BCUT2D eigenvalue weighted by Crippen LogP contribution is 2.37. The first kappa shape index (κ1) is 23.1. The van der Waals surface area contributed by atoms with Crippen molar-refractivity contribution in [2.45, 2.75) is 36.3 Å². The Morgan fingerprint density at radius 2 is 1.65 bits per heavy atom. The molecule has 3 aromatic rings. The lowest BCUT2D eigenvalue weighted by Crippen LogP contribution is -2.19. The normalized spacial score (nSPS) is 11.5. The zero-order valence-electron chi connectivity index (χ0n) is 17.3. The minimum atomic E-state index is -0.434. The smallest absolute Gasteiger partial charge is 0.242 e. The molecule has 3 rings (SSSR count). The molecule has 31 heavy (non-hydrogen) atoms. The average Bonchev–Trinajstić information content (AvgIpc) is 2.78. The van der Waals surface area contributed by atoms with Gasteiger partial charge in [0.25, 0.3) is 0 Å². The van der Waals surface area contributed by atoms with Crippen molar-refractivity contribution < 1.29 is 9.59 Å². The van der Waals surface area contributed by atoms with Crippen LogP contribution in [0.5, 0.6) is 0 Å². The Balaban J connectivity index is 1.77. The molecule has 0 heterocycles. The second-order valence-corrected chi connectivity index (χ2v) is 9.18. The van der Waals surface area contributed by atoms with E-state index in [4.69, 9.17) is 0 Å². The van der Waals surface area contributed by atoms with E-state index in [1.807, 2.05) is 78.9 Å². The van der Waals surface area contributed by atoms with Gasteiger partial charge in [-0.1, -0.05) is 65.7 Å². The number of benzene rings is 3. The van der Waals surface area contributed by atoms with E-state index in [9.17, 15) is 9.59 Å². The van der Waals surface area contributed by atoms with Crippen LogP contribution in [0.2, 0.25) is 0 Å². The Morgan fingerprint density at radius 3 is 2.35 bits per heavy atom. The third-order valence-corrected chi connectivity index (χ3v) is 6.36. The standard InChI is InChI=1S/C25H25BrN2O2S/c1-2-3-12-23(29)27-21-10-7-11-22(17-21)31-24(18-8-5-4-6-9-18)25(30)28-20-15-13-19(26)14-16-20/h4-11,13-17,24H,2-3,12H2,1H3,(H,27,29)(H,28,30). The Hall–Kier alpha value is -2.57. The molecular weight excluding hydrogens is 472 g/mol. The van der Waals surface area contributed by atoms with Gasteiger partial charge in [0.2, 0.25) is 11.8 Å². The molecule has 0 aliphatic carbocycles. The summed E-state index contributed by atoms with van der Waals surface area (Å²) in [4.78, 5) is 26.2. The lowest BCUT2D eigenvalue weighted by molar-refractivity contribution is -0.116. The van der Waals surface area contributed by atoms with Crippen LogP contribution in [0.1, 0.15) is 37.0 Å². The molecule has 0 radical (unpaired) electrons. The molecule has 0 fully saturated rings. The van der Waals surface area contributed by atoms with Gasteiger partial charge in [0.05, 0.1) is 0 Å². The van der Waals surface area contributed by atoms with Crippen LogP contribution in [-0.2, 0) is 9.59 Å². The monoisotopic (exact) mass is 496 g/mol. The minimum absolute atomic E-state index is 0.0107. The van der Waals surface area contributed by atoms with Crippen LogP contribution in [0, 0.1) is 0 Å². The van der Waals surface area contributed by atoms with Gasteiger partial charge in [-0.2, -0.15) is 0 Å². The van der Waals surface area contributed by atoms with Gasteiger partial charge in [-0.25, -0.2) is 0 Å². The zero-order chi connectivity index (χ0) is 22.1. The topological polar surface area (TPSA) is 58.2 Å². The molecule has 2 amide bonds. The van der Waals surface area contributed by atoms with Gasteiger partial charge in [-0.3, -0.25) is 9.59 Å². The summed E-state index contributed by atoms with van der Waals surface area (Å²) in [7, 11) is 0. The quantitative estimate of drug-likeness (QED) is 0.312. The lowest BCUT2D eigenvalue weighted by atomic mass is 10.1. The van der Waals surface area contributed by atoms with Gasteiger partial charge in [0, 0.05) is 27.2 Å². The van der Waals surface area contributed by atoms with Crippen molar-refractivity contribution in [3.8, 4) is 0 Å². The summed E-state index contributed by atoms with van der Waals surface area (Å²) in [6, 6.07) is 24.8. The molecule has 6 heteroatoms. The number of carbonyl (C=O) groups is 2. The number of hydrogen-bond acceptors (Lipinski definition) is 3. The fraction of sp³-hybridized carbons (Fsp3) is 0.200. The predicted octanol–water partition coefficient (Wildman–Crippen LogP) is 7.05. The molecule has 2 N–H and O–H groups in total. The zero-order valence-corrected chi connectivity index (χ0v) is 19.7. The third-order valence-electron chi connectivity index (χ3n) is 4.58. The summed E-state index contributed by atoms with van der Waals surface area (Å²) in [5.74, 6) is -0.0903. The number of unbranched alkanes of at least 4 members (excludes halogenated alkanes) is 1. The second-order valence-electron chi connectivity index (χ2n) is 7.08. The van der Waals surface area contributed by atoms with Crippen LogP contribution in [0.15, 0.2) is 88.2 Å². The molecule has 0 aliphatic rings. The number of carbonyl (C=O) groups excluding carboxylic acids is 2. The summed E-state index contributed by atoms with van der Waals surface area (Å²) in [6.07, 6.45) is 2.36. The fourth-order valence-corrected chi connectivity index (χ4v) is 4.33. The van der Waals surface area contributed by atoms with Crippen molar-refractivity contribution in [3.63, 3.8) is 0 Å². The molecule has 1 atom stereocenters. The number of hydrogen-bond donors (Lipinski definition) is 2. The summed E-state index contributed by atoms with van der Waals surface area (Å²) in [5.41, 5.74) is 2.40. The Kier molecular flexibility index (Phi) is 8.74. The largest absolute Gasteiger partial charge is 0.326 e. The first-order valence-electron chi connectivity index (χ1n) is 10.2. The molecule has 0 spiro atoms. The number of thioether (sulfide) groups is 1. The SMILES string of the molecule is CCCCC(=O)Nc1cccc(SC(C(=O)Nc2ccc(Br)cc2)c2ccccc2)c1. The minimum Gasteiger partial charge on any atom is -0.326 e. The molecule has 0 bridgehead atoms. The van der Waals surface area contributed by atoms with E-state index in [1.165, 1.54) is 11.8 Å². The average molecular weight is 497 g/mol. The van der Waals surface area contributed by atoms with E-state index in [0.717, 1.165) is 39.1 Å². The van der Waals surface area contributed by atoms with E-state index in [1.54, 1.807) is 0 Å². The molecule has 0 aromatic heterocycles. The maximum Gasteiger partial charge on any atom is 0.242 e. The molecular formula is C25H25BrN2O2S. The fourth-order valence-electron chi connectivity index (χ4n) is 2.99. The van der Waals surface area contributed by atoms with E-state index < -0.39 is 5.25 Å². The van der Waals surface area contributed by atoms with Crippen molar-refractivity contribution >= 4 is 50.9 Å². The van der Waals surface area contributed by atoms with Crippen LogP contribution >= 0.6 is 27.7 Å². The summed E-state index contributed by atoms with van der Waals surface area (Å²) >= 11 is 4.87. The summed E-state index contributed by atoms with van der Waals surface area (Å²) < 4.78 is 0.956. The molecule has 4 nitrogen and oxygen atoms in total. The van der Waals surface area contributed by atoms with Crippen molar-refractivity contribution in [2.75, 3.05) is 10.6 Å². The molecule has 0 saturated carbocycles. The maximum atomic E-state index is 13.2. The van der Waals surface area contributed by atoms with E-state index >= 15 is 0 Å². The van der Waals surface area contributed by atoms with Crippen molar-refractivity contribution in [1.82, 2.24) is 0 Å². The van der Waals surface area contributed by atoms with E-state index in [-0.39, 0.29) is 11.8 Å². The third kappa shape index (κ3) is 7.26. The Morgan fingerprint density at radius 1 is 0.903 bits per heavy atom. The van der Waals surface area contributed by atoms with Crippen LogP contribution < -0.4 is 10.6 Å². The molecule has 0 aliphatic heterocycles. The predicted molar refractivity (Wildman–Crippen MR) is 132 cm³/mol. The number of amides is 2. The van der Waals surface area contributed by atoms with E-state index in [2.05, 4.69) is 33.5 Å². The van der Waals surface area contributed by atoms with Gasteiger partial charge in [-0.15, -0.1) is 11.8 Å². The maximum absolute atomic E-state index is 13.2. The number of nitrogens with one attached hydrogen (secondary N) is 2. The first-order chi connectivity index (χ1) is 15.0. The van der Waals surface area contributed by atoms with Crippen molar-refractivity contribution in [1.29, 1.82) is 0 Å². The van der Waals surface area contributed by atoms with Crippen LogP contribution in [-0.4, -0.2) is 11.8 Å². The Bertz CT molecular complexity index is 1010. The van der Waals surface area contributed by atoms with Crippen molar-refractivity contribution in [3.05, 3.63) is 88.9 Å². The van der Waals surface area contributed by atoms with Gasteiger partial charge >= 0.3 is 0 Å². The van der Waals surface area contributed by atoms with Crippen LogP contribution in [0.4, 0.5) is 11.4 Å². The molecule has 3 aromatic carbocycles. The summed E-state index contributed by atoms with van der Waals surface area (Å²) in [5, 5.41) is 5.52. The molecule has 160 valence electrons. The van der Waals surface area contributed by atoms with Gasteiger partial charge in [-0.05, 0) is 54.4 Å². The first-order valence-corrected chi connectivity index (χ1v) is 11.9. The van der Waals surface area contributed by atoms with Crippen molar-refractivity contribution in [2.24, 2.45) is 0 Å². The van der Waals surface area contributed by atoms with Gasteiger partial charge in [0.15, 0.2) is 0 Å². The highest BCUT2D eigenvalue weighted by Gasteiger charge is 2.22. The van der Waals surface area contributed by atoms with Crippen LogP contribution in [0.25, 0.3) is 0 Å². The Labute approximate surface area is 196 Å². The lowest BCUT2D eigenvalue weighted by Gasteiger charge is -2.18. The number of halogens is 1. The van der Waals surface area contributed by atoms with Crippen LogP contribution in [0.3, 0.4) is 0 Å². The second kappa shape index (κ2) is 11.7. The number of anilines is 2. The van der Waals surface area contributed by atoms with E-state index in [0.29, 0.717) is 6.42 Å². The molecule has 1 unspecified atom stereocenters. The highest BCUT2D eigenvalue weighted by molar-refractivity contribution is 9.10. The van der Waals surface area contributed by atoms with Gasteiger partial charge in [0.1, 0.15) is 5.25 Å². The van der Waals surface area contributed by atoms with Gasteiger partial charge < -0.3 is 10.6 Å². The highest BCUT2D eigenvalue weighted by atomic mass is 79.9.